The molecule has 1 heterocycles. The van der Waals surface area contributed by atoms with Crippen LogP contribution in [0.5, 0.6) is 5.75 Å². The van der Waals surface area contributed by atoms with Crippen LogP contribution in [0.3, 0.4) is 0 Å². The zero-order valence-corrected chi connectivity index (χ0v) is 15.6. The summed E-state index contributed by atoms with van der Waals surface area (Å²) in [6.07, 6.45) is 0. The molecule has 0 bridgehead atoms. The quantitative estimate of drug-likeness (QED) is 0.610. The van der Waals surface area contributed by atoms with Crippen molar-refractivity contribution in [2.24, 2.45) is 0 Å². The number of carbonyl (C=O) groups is 1. The topological polar surface area (TPSA) is 38.3 Å². The van der Waals surface area contributed by atoms with Crippen molar-refractivity contribution >= 4 is 34.5 Å². The number of para-hydroxylation sites is 1. The number of benzene rings is 2. The smallest absolute Gasteiger partial charge is 0.265 e. The Hall–Kier alpha value is -2.30. The van der Waals surface area contributed by atoms with E-state index < -0.39 is 0 Å². The summed E-state index contributed by atoms with van der Waals surface area (Å²) in [7, 11) is 0. The van der Waals surface area contributed by atoms with E-state index in [2.05, 4.69) is 5.32 Å². The van der Waals surface area contributed by atoms with Crippen molar-refractivity contribution in [2.75, 3.05) is 5.32 Å². The number of hydrogen-bond donors (Lipinski definition) is 1. The molecule has 0 fully saturated rings. The summed E-state index contributed by atoms with van der Waals surface area (Å²) in [5, 5.41) is 5.43. The summed E-state index contributed by atoms with van der Waals surface area (Å²) in [5.74, 6) is 0.522. The van der Waals surface area contributed by atoms with E-state index in [0.29, 0.717) is 22.3 Å². The van der Waals surface area contributed by atoms with Gasteiger partial charge in [0, 0.05) is 11.3 Å². The van der Waals surface area contributed by atoms with Crippen LogP contribution in [0, 0.1) is 13.8 Å². The zero-order chi connectivity index (χ0) is 17.8. The Morgan fingerprint density at radius 2 is 1.92 bits per heavy atom. The molecule has 128 valence electrons. The predicted molar refractivity (Wildman–Crippen MR) is 104 cm³/mol. The van der Waals surface area contributed by atoms with Crippen molar-refractivity contribution in [3.8, 4) is 5.75 Å². The van der Waals surface area contributed by atoms with Gasteiger partial charge in [0.25, 0.3) is 5.91 Å². The van der Waals surface area contributed by atoms with Gasteiger partial charge in [-0.3, -0.25) is 4.79 Å². The van der Waals surface area contributed by atoms with E-state index in [9.17, 15) is 4.79 Å². The highest BCUT2D eigenvalue weighted by Crippen LogP contribution is 2.25. The van der Waals surface area contributed by atoms with Gasteiger partial charge in [-0.1, -0.05) is 29.8 Å². The Kier molecular flexibility index (Phi) is 5.41. The van der Waals surface area contributed by atoms with Gasteiger partial charge in [0.05, 0.1) is 9.90 Å². The van der Waals surface area contributed by atoms with E-state index in [-0.39, 0.29) is 5.91 Å². The Labute approximate surface area is 156 Å². The summed E-state index contributed by atoms with van der Waals surface area (Å²) in [5.41, 5.74) is 4.09. The van der Waals surface area contributed by atoms with Gasteiger partial charge in [0.1, 0.15) is 12.4 Å². The maximum absolute atomic E-state index is 12.4. The first-order valence-electron chi connectivity index (χ1n) is 7.86. The lowest BCUT2D eigenvalue weighted by atomic mass is 10.1. The van der Waals surface area contributed by atoms with Crippen LogP contribution in [-0.2, 0) is 6.61 Å². The van der Waals surface area contributed by atoms with E-state index in [1.165, 1.54) is 16.9 Å². The Balaban J connectivity index is 1.63. The lowest BCUT2D eigenvalue weighted by molar-refractivity contribution is 0.103. The molecule has 0 radical (unpaired) electrons. The van der Waals surface area contributed by atoms with Crippen molar-refractivity contribution < 1.29 is 9.53 Å². The summed E-state index contributed by atoms with van der Waals surface area (Å²) in [4.78, 5) is 13.0. The minimum atomic E-state index is -0.114. The van der Waals surface area contributed by atoms with Gasteiger partial charge < -0.3 is 10.1 Å². The number of halogens is 1. The Morgan fingerprint density at radius 3 is 2.68 bits per heavy atom. The minimum absolute atomic E-state index is 0.114. The fourth-order valence-electron chi connectivity index (χ4n) is 2.31. The summed E-state index contributed by atoms with van der Waals surface area (Å²) in [6.45, 7) is 4.45. The van der Waals surface area contributed by atoms with Gasteiger partial charge in [0.2, 0.25) is 0 Å². The first-order valence-corrected chi connectivity index (χ1v) is 9.12. The van der Waals surface area contributed by atoms with E-state index >= 15 is 0 Å². The van der Waals surface area contributed by atoms with E-state index in [4.69, 9.17) is 16.3 Å². The molecule has 0 unspecified atom stereocenters. The van der Waals surface area contributed by atoms with Gasteiger partial charge in [-0.25, -0.2) is 0 Å². The van der Waals surface area contributed by atoms with Crippen molar-refractivity contribution in [3.63, 3.8) is 0 Å². The van der Waals surface area contributed by atoms with Gasteiger partial charge in [-0.2, -0.15) is 0 Å². The molecule has 0 spiro atoms. The van der Waals surface area contributed by atoms with Gasteiger partial charge in [0.15, 0.2) is 0 Å². The lowest BCUT2D eigenvalue weighted by Crippen LogP contribution is -2.10. The number of ether oxygens (including phenoxy) is 1. The maximum Gasteiger partial charge on any atom is 0.265 e. The van der Waals surface area contributed by atoms with Crippen LogP contribution in [0.4, 0.5) is 5.69 Å². The van der Waals surface area contributed by atoms with Crippen molar-refractivity contribution in [1.82, 2.24) is 0 Å². The molecule has 0 aliphatic carbocycles. The third-order valence-corrected chi connectivity index (χ3v) is 5.16. The van der Waals surface area contributed by atoms with Crippen LogP contribution in [0.25, 0.3) is 0 Å². The average Bonchev–Trinajstić information content (AvgIpc) is 3.07. The molecule has 1 amide bonds. The number of carbonyl (C=O) groups excluding carboxylic acids is 1. The molecule has 2 aromatic carbocycles. The number of hydrogen-bond acceptors (Lipinski definition) is 3. The van der Waals surface area contributed by atoms with E-state index in [0.717, 1.165) is 16.8 Å². The second-order valence-electron chi connectivity index (χ2n) is 5.79. The number of nitrogens with one attached hydrogen (secondary N) is 1. The van der Waals surface area contributed by atoms with Crippen LogP contribution in [0.1, 0.15) is 26.4 Å². The monoisotopic (exact) mass is 371 g/mol. The molecule has 5 heteroatoms. The molecule has 0 saturated carbocycles. The third-order valence-electron chi connectivity index (χ3n) is 3.87. The zero-order valence-electron chi connectivity index (χ0n) is 14.0. The molecule has 0 saturated heterocycles. The normalized spacial score (nSPS) is 10.5. The minimum Gasteiger partial charge on any atom is -0.487 e. The van der Waals surface area contributed by atoms with Gasteiger partial charge in [-0.05, 0) is 60.7 Å². The fourth-order valence-corrected chi connectivity index (χ4v) is 3.29. The number of aryl methyl sites for hydroxylation is 2. The maximum atomic E-state index is 12.4. The number of anilines is 1. The fraction of sp³-hybridized carbons (Fsp3) is 0.150. The van der Waals surface area contributed by atoms with Crippen LogP contribution < -0.4 is 10.1 Å². The van der Waals surface area contributed by atoms with Crippen LogP contribution in [0.15, 0.2) is 53.9 Å². The lowest BCUT2D eigenvalue weighted by Gasteiger charge is -2.07. The van der Waals surface area contributed by atoms with E-state index in [1.54, 1.807) is 6.07 Å². The highest BCUT2D eigenvalue weighted by atomic mass is 35.5. The third kappa shape index (κ3) is 4.41. The van der Waals surface area contributed by atoms with Gasteiger partial charge in [-0.15, -0.1) is 11.3 Å². The van der Waals surface area contributed by atoms with Crippen LogP contribution in [-0.4, -0.2) is 5.91 Å². The summed E-state index contributed by atoms with van der Waals surface area (Å²) < 4.78 is 5.71. The van der Waals surface area contributed by atoms with Crippen LogP contribution >= 0.6 is 22.9 Å². The number of thiophene rings is 1. The van der Waals surface area contributed by atoms with Gasteiger partial charge >= 0.3 is 0 Å². The molecule has 1 N–H and O–H groups in total. The highest BCUT2D eigenvalue weighted by molar-refractivity contribution is 7.12. The van der Waals surface area contributed by atoms with Crippen molar-refractivity contribution in [3.05, 3.63) is 80.5 Å². The molecule has 0 aliphatic heterocycles. The SMILES string of the molecule is Cc1ccc(NC(=O)c2cc(COc3ccccc3Cl)cs2)cc1C. The molecule has 25 heavy (non-hydrogen) atoms. The second-order valence-corrected chi connectivity index (χ2v) is 7.11. The number of amides is 1. The molecular weight excluding hydrogens is 354 g/mol. The summed E-state index contributed by atoms with van der Waals surface area (Å²) >= 11 is 7.47. The Morgan fingerprint density at radius 1 is 1.12 bits per heavy atom. The van der Waals surface area contributed by atoms with Crippen molar-refractivity contribution in [2.45, 2.75) is 20.5 Å². The standard InChI is InChI=1S/C20H18ClNO2S/c1-13-7-8-16(9-14(13)2)22-20(23)19-10-15(12-25-19)11-24-18-6-4-3-5-17(18)21/h3-10,12H,11H2,1-2H3,(H,22,23). The average molecular weight is 372 g/mol. The predicted octanol–water partition coefficient (Wildman–Crippen LogP) is 5.85. The van der Waals surface area contributed by atoms with Crippen LogP contribution in [0.2, 0.25) is 5.02 Å². The second kappa shape index (κ2) is 7.72. The van der Waals surface area contributed by atoms with E-state index in [1.807, 2.05) is 61.7 Å². The Bertz CT molecular complexity index is 904. The molecule has 3 rings (SSSR count). The molecular formula is C20H18ClNO2S. The number of rotatable bonds is 5. The molecule has 0 atom stereocenters. The molecule has 3 aromatic rings. The largest absolute Gasteiger partial charge is 0.487 e. The highest BCUT2D eigenvalue weighted by Gasteiger charge is 2.11. The molecule has 3 nitrogen and oxygen atoms in total. The first-order chi connectivity index (χ1) is 12.0. The first kappa shape index (κ1) is 17.5. The van der Waals surface area contributed by atoms with Crippen molar-refractivity contribution in [1.29, 1.82) is 0 Å². The molecule has 0 aliphatic rings. The summed E-state index contributed by atoms with van der Waals surface area (Å²) in [6, 6.07) is 15.1. The molecule has 1 aromatic heterocycles.